The fourth-order valence-corrected chi connectivity index (χ4v) is 4.56. The highest BCUT2D eigenvalue weighted by Gasteiger charge is 2.24. The molecule has 1 aromatic heterocycles. The second-order valence-electron chi connectivity index (χ2n) is 9.35. The Morgan fingerprint density at radius 3 is 2.49 bits per heavy atom. The summed E-state index contributed by atoms with van der Waals surface area (Å²) in [7, 11) is 3.05. The summed E-state index contributed by atoms with van der Waals surface area (Å²) in [5.74, 6) is -0.929. The number of aromatic nitrogens is 2. The molecule has 1 aliphatic carbocycles. The lowest BCUT2D eigenvalue weighted by Gasteiger charge is -2.25. The van der Waals surface area contributed by atoms with Gasteiger partial charge < -0.3 is 20.6 Å². The molecule has 0 saturated heterocycles. The van der Waals surface area contributed by atoms with Crippen LogP contribution >= 0.6 is 0 Å². The van der Waals surface area contributed by atoms with Gasteiger partial charge in [-0.15, -0.1) is 0 Å². The SMILES string of the molecule is CN(C)C(=O)c1cc(C#N)cc(Nc2c(NCc3ccccc3)c(=O)[nH]n(C3CCCCC3)c2=O)c1O. The van der Waals surface area contributed by atoms with Crippen molar-refractivity contribution >= 4 is 23.0 Å². The molecule has 2 aromatic carbocycles. The average Bonchev–Trinajstić information content (AvgIpc) is 2.91. The number of carbonyl (C=O) groups excluding carboxylic acids is 1. The summed E-state index contributed by atoms with van der Waals surface area (Å²) in [4.78, 5) is 40.9. The van der Waals surface area contributed by atoms with Gasteiger partial charge in [0.25, 0.3) is 17.0 Å². The van der Waals surface area contributed by atoms with E-state index in [1.165, 1.54) is 35.8 Å². The number of phenolic OH excluding ortho intramolecular Hbond substituents is 1. The van der Waals surface area contributed by atoms with E-state index in [0.717, 1.165) is 37.7 Å². The Balaban J connectivity index is 1.83. The molecule has 10 heteroatoms. The third-order valence-corrected chi connectivity index (χ3v) is 6.52. The van der Waals surface area contributed by atoms with Gasteiger partial charge in [-0.1, -0.05) is 49.6 Å². The molecule has 10 nitrogen and oxygen atoms in total. The zero-order valence-corrected chi connectivity index (χ0v) is 20.9. The molecule has 37 heavy (non-hydrogen) atoms. The second kappa shape index (κ2) is 11.0. The zero-order chi connectivity index (χ0) is 26.5. The maximum Gasteiger partial charge on any atom is 0.291 e. The van der Waals surface area contributed by atoms with E-state index in [1.54, 1.807) is 0 Å². The van der Waals surface area contributed by atoms with E-state index in [2.05, 4.69) is 15.7 Å². The van der Waals surface area contributed by atoms with Crippen LogP contribution in [0.3, 0.4) is 0 Å². The van der Waals surface area contributed by atoms with Crippen LogP contribution in [0.2, 0.25) is 0 Å². The Hall–Kier alpha value is -4.52. The summed E-state index contributed by atoms with van der Waals surface area (Å²) < 4.78 is 1.36. The van der Waals surface area contributed by atoms with E-state index in [9.17, 15) is 24.8 Å². The number of hydrogen-bond donors (Lipinski definition) is 4. The van der Waals surface area contributed by atoms with Crippen molar-refractivity contribution in [2.45, 2.75) is 44.7 Å². The molecule has 0 spiro atoms. The molecule has 1 heterocycles. The Labute approximate surface area is 214 Å². The van der Waals surface area contributed by atoms with Crippen LogP contribution < -0.4 is 21.8 Å². The summed E-state index contributed by atoms with van der Waals surface area (Å²) in [6, 6.07) is 13.9. The number of hydrogen-bond acceptors (Lipinski definition) is 7. The van der Waals surface area contributed by atoms with Crippen molar-refractivity contribution in [3.8, 4) is 11.8 Å². The van der Waals surface area contributed by atoms with Gasteiger partial charge in [-0.05, 0) is 30.5 Å². The Bertz CT molecular complexity index is 1450. The fraction of sp³-hybridized carbons (Fsp3) is 0.333. The van der Waals surface area contributed by atoms with Crippen LogP contribution in [0, 0.1) is 11.3 Å². The Kier molecular flexibility index (Phi) is 7.63. The normalized spacial score (nSPS) is 13.5. The lowest BCUT2D eigenvalue weighted by Crippen LogP contribution is -2.36. The number of amides is 1. The van der Waals surface area contributed by atoms with Crippen LogP contribution in [0.5, 0.6) is 5.75 Å². The van der Waals surface area contributed by atoms with Gasteiger partial charge in [-0.2, -0.15) is 5.26 Å². The summed E-state index contributed by atoms with van der Waals surface area (Å²) in [6.07, 6.45) is 4.52. The maximum atomic E-state index is 13.7. The van der Waals surface area contributed by atoms with E-state index in [-0.39, 0.29) is 40.8 Å². The number of aromatic amines is 1. The molecule has 1 fully saturated rings. The molecule has 192 valence electrons. The molecule has 3 aromatic rings. The molecular weight excluding hydrogens is 472 g/mol. The Morgan fingerprint density at radius 1 is 1.14 bits per heavy atom. The molecule has 4 N–H and O–H groups in total. The Morgan fingerprint density at radius 2 is 1.84 bits per heavy atom. The minimum absolute atomic E-state index is 0.00293. The lowest BCUT2D eigenvalue weighted by atomic mass is 9.95. The van der Waals surface area contributed by atoms with Crippen LogP contribution in [0.4, 0.5) is 17.1 Å². The standard InChI is InChI=1S/C27H30N6O4/c1-32(2)26(36)20-13-18(15-28)14-21(24(20)34)30-23-22(29-16-17-9-5-3-6-10-17)25(35)31-33(27(23)37)19-11-7-4-8-12-19/h3,5-6,9-10,13-14,19,29-30,34H,4,7-8,11-12,16H2,1-2H3,(H,31,35). The largest absolute Gasteiger partial charge is 0.505 e. The minimum atomic E-state index is -0.509. The van der Waals surface area contributed by atoms with Crippen LogP contribution in [-0.2, 0) is 6.54 Å². The monoisotopic (exact) mass is 502 g/mol. The number of anilines is 3. The van der Waals surface area contributed by atoms with Crippen LogP contribution in [0.1, 0.15) is 59.6 Å². The maximum absolute atomic E-state index is 13.7. The van der Waals surface area contributed by atoms with Crippen molar-refractivity contribution in [1.82, 2.24) is 14.7 Å². The van der Waals surface area contributed by atoms with Crippen molar-refractivity contribution < 1.29 is 9.90 Å². The van der Waals surface area contributed by atoms with Gasteiger partial charge in [-0.25, -0.2) is 4.68 Å². The first-order chi connectivity index (χ1) is 17.8. The summed E-state index contributed by atoms with van der Waals surface area (Å²) in [6.45, 7) is 0.278. The van der Waals surface area contributed by atoms with E-state index in [4.69, 9.17) is 0 Å². The molecular formula is C27H30N6O4. The minimum Gasteiger partial charge on any atom is -0.505 e. The predicted molar refractivity (Wildman–Crippen MR) is 141 cm³/mol. The molecule has 4 rings (SSSR count). The van der Waals surface area contributed by atoms with Crippen molar-refractivity contribution in [3.05, 3.63) is 79.9 Å². The van der Waals surface area contributed by atoms with Gasteiger partial charge in [0.05, 0.1) is 28.9 Å². The number of nitrogens with one attached hydrogen (secondary N) is 3. The first-order valence-corrected chi connectivity index (χ1v) is 12.2. The molecule has 0 aliphatic heterocycles. The molecule has 0 unspecified atom stereocenters. The van der Waals surface area contributed by atoms with Crippen molar-refractivity contribution in [2.24, 2.45) is 0 Å². The van der Waals surface area contributed by atoms with Crippen LogP contribution in [0.15, 0.2) is 52.1 Å². The van der Waals surface area contributed by atoms with Crippen LogP contribution in [0.25, 0.3) is 0 Å². The quantitative estimate of drug-likeness (QED) is 0.361. The van der Waals surface area contributed by atoms with E-state index in [1.807, 2.05) is 36.4 Å². The number of benzene rings is 2. The number of phenols is 1. The molecule has 1 saturated carbocycles. The highest BCUT2D eigenvalue weighted by atomic mass is 16.3. The van der Waals surface area contributed by atoms with Crippen molar-refractivity contribution in [3.63, 3.8) is 0 Å². The van der Waals surface area contributed by atoms with Gasteiger partial charge in [-0.3, -0.25) is 19.5 Å². The highest BCUT2D eigenvalue weighted by molar-refractivity contribution is 5.99. The number of nitriles is 1. The van der Waals surface area contributed by atoms with Gasteiger partial charge in [0.15, 0.2) is 5.75 Å². The first kappa shape index (κ1) is 25.6. The van der Waals surface area contributed by atoms with Gasteiger partial charge in [0.2, 0.25) is 0 Å². The lowest BCUT2D eigenvalue weighted by molar-refractivity contribution is 0.0824. The number of H-pyrrole nitrogens is 1. The molecule has 1 amide bonds. The second-order valence-corrected chi connectivity index (χ2v) is 9.35. The average molecular weight is 503 g/mol. The third kappa shape index (κ3) is 5.51. The third-order valence-electron chi connectivity index (χ3n) is 6.52. The summed E-state index contributed by atoms with van der Waals surface area (Å²) >= 11 is 0. The number of nitrogens with zero attached hydrogens (tertiary/aromatic N) is 3. The molecule has 0 atom stereocenters. The van der Waals surface area contributed by atoms with Gasteiger partial charge in [0, 0.05) is 20.6 Å². The predicted octanol–water partition coefficient (Wildman–Crippen LogP) is 3.68. The fourth-order valence-electron chi connectivity index (χ4n) is 4.56. The smallest absolute Gasteiger partial charge is 0.291 e. The highest BCUT2D eigenvalue weighted by Crippen LogP contribution is 2.34. The molecule has 0 radical (unpaired) electrons. The van der Waals surface area contributed by atoms with E-state index in [0.29, 0.717) is 0 Å². The van der Waals surface area contributed by atoms with Crippen molar-refractivity contribution in [1.29, 1.82) is 5.26 Å². The first-order valence-electron chi connectivity index (χ1n) is 12.2. The van der Waals surface area contributed by atoms with E-state index >= 15 is 0 Å². The van der Waals surface area contributed by atoms with Gasteiger partial charge >= 0.3 is 0 Å². The van der Waals surface area contributed by atoms with Crippen LogP contribution in [-0.4, -0.2) is 39.8 Å². The molecule has 0 bridgehead atoms. The van der Waals surface area contributed by atoms with Gasteiger partial charge in [0.1, 0.15) is 11.4 Å². The number of rotatable bonds is 7. The number of aromatic hydroxyl groups is 1. The summed E-state index contributed by atoms with van der Waals surface area (Å²) in [5, 5.41) is 29.1. The zero-order valence-electron chi connectivity index (χ0n) is 20.9. The summed E-state index contributed by atoms with van der Waals surface area (Å²) in [5.41, 5.74) is -0.137. The topological polar surface area (TPSA) is 143 Å². The molecule has 1 aliphatic rings. The van der Waals surface area contributed by atoms with Crippen molar-refractivity contribution in [2.75, 3.05) is 24.7 Å². The number of carbonyl (C=O) groups is 1. The van der Waals surface area contributed by atoms with E-state index < -0.39 is 22.8 Å².